The highest BCUT2D eigenvalue weighted by Gasteiger charge is 2.23. The number of hydrogen-bond acceptors (Lipinski definition) is 2. The molecule has 0 saturated heterocycles. The summed E-state index contributed by atoms with van der Waals surface area (Å²) in [6.45, 7) is 1.82. The van der Waals surface area contributed by atoms with Crippen LogP contribution in [-0.2, 0) is 0 Å². The molecule has 2 rings (SSSR count). The zero-order valence-corrected chi connectivity index (χ0v) is 12.2. The van der Waals surface area contributed by atoms with Gasteiger partial charge in [-0.2, -0.15) is 0 Å². The second kappa shape index (κ2) is 6.07. The van der Waals surface area contributed by atoms with Gasteiger partial charge in [0.1, 0.15) is 0 Å². The van der Waals surface area contributed by atoms with Gasteiger partial charge in [0.05, 0.1) is 0 Å². The lowest BCUT2D eigenvalue weighted by atomic mass is 9.94. The van der Waals surface area contributed by atoms with Gasteiger partial charge in [-0.05, 0) is 37.5 Å². The molecule has 4 heteroatoms. The summed E-state index contributed by atoms with van der Waals surface area (Å²) < 4.78 is 0. The molecule has 0 atom stereocenters. The van der Waals surface area contributed by atoms with Gasteiger partial charge >= 0.3 is 0 Å². The van der Waals surface area contributed by atoms with Crippen molar-refractivity contribution in [3.05, 3.63) is 34.9 Å². The van der Waals surface area contributed by atoms with Crippen LogP contribution < -0.4 is 5.73 Å². The van der Waals surface area contributed by atoms with Crippen molar-refractivity contribution in [1.82, 2.24) is 4.90 Å². The van der Waals surface area contributed by atoms with Crippen LogP contribution in [0.2, 0.25) is 0 Å². The number of carbonyl (C=O) groups excluding carboxylic acids is 2. The zero-order valence-electron chi connectivity index (χ0n) is 12.2. The van der Waals surface area contributed by atoms with Crippen LogP contribution in [0.25, 0.3) is 0 Å². The van der Waals surface area contributed by atoms with Gasteiger partial charge in [-0.1, -0.05) is 25.3 Å². The highest BCUT2D eigenvalue weighted by atomic mass is 16.2. The van der Waals surface area contributed by atoms with Crippen LogP contribution in [0.3, 0.4) is 0 Å². The van der Waals surface area contributed by atoms with Crippen LogP contribution in [0.15, 0.2) is 18.2 Å². The van der Waals surface area contributed by atoms with Crippen LogP contribution in [-0.4, -0.2) is 29.8 Å². The summed E-state index contributed by atoms with van der Waals surface area (Å²) in [5.74, 6) is -0.517. The molecule has 4 nitrogen and oxygen atoms in total. The lowest BCUT2D eigenvalue weighted by Gasteiger charge is -2.31. The van der Waals surface area contributed by atoms with E-state index >= 15 is 0 Å². The number of benzene rings is 1. The lowest BCUT2D eigenvalue weighted by Crippen LogP contribution is -2.38. The molecule has 0 bridgehead atoms. The predicted molar refractivity (Wildman–Crippen MR) is 78.7 cm³/mol. The Morgan fingerprint density at radius 1 is 1.20 bits per heavy atom. The quantitative estimate of drug-likeness (QED) is 0.920. The van der Waals surface area contributed by atoms with E-state index in [0.717, 1.165) is 18.4 Å². The first-order valence-electron chi connectivity index (χ1n) is 7.18. The molecule has 0 unspecified atom stereocenters. The van der Waals surface area contributed by atoms with E-state index in [9.17, 15) is 9.59 Å². The van der Waals surface area contributed by atoms with Crippen LogP contribution in [0.4, 0.5) is 0 Å². The number of hydrogen-bond donors (Lipinski definition) is 1. The highest BCUT2D eigenvalue weighted by molar-refractivity contribution is 6.00. The fourth-order valence-electron chi connectivity index (χ4n) is 2.86. The van der Waals surface area contributed by atoms with E-state index < -0.39 is 5.91 Å². The van der Waals surface area contributed by atoms with Crippen molar-refractivity contribution in [3.63, 3.8) is 0 Å². The van der Waals surface area contributed by atoms with Crippen molar-refractivity contribution < 1.29 is 9.59 Å². The summed E-state index contributed by atoms with van der Waals surface area (Å²) in [6.07, 6.45) is 5.76. The number of rotatable bonds is 3. The van der Waals surface area contributed by atoms with Gasteiger partial charge in [-0.3, -0.25) is 9.59 Å². The van der Waals surface area contributed by atoms with E-state index in [0.29, 0.717) is 17.2 Å². The third kappa shape index (κ3) is 3.00. The van der Waals surface area contributed by atoms with E-state index in [1.165, 1.54) is 19.3 Å². The number of nitrogens with two attached hydrogens (primary N) is 1. The standard InChI is InChI=1S/C16H22N2O2/c1-11-8-9-12(10-14(11)15(17)19)16(20)18(2)13-6-4-3-5-7-13/h8-10,13H,3-7H2,1-2H3,(H2,17,19). The molecule has 1 aromatic carbocycles. The van der Waals surface area contributed by atoms with E-state index in [4.69, 9.17) is 5.73 Å². The van der Waals surface area contributed by atoms with Gasteiger partial charge in [0.25, 0.3) is 5.91 Å². The van der Waals surface area contributed by atoms with E-state index in [-0.39, 0.29) is 5.91 Å². The number of carbonyl (C=O) groups is 2. The normalized spacial score (nSPS) is 15.9. The van der Waals surface area contributed by atoms with Crippen LogP contribution in [0, 0.1) is 6.92 Å². The van der Waals surface area contributed by atoms with Gasteiger partial charge in [0.2, 0.25) is 5.91 Å². The van der Waals surface area contributed by atoms with Crippen molar-refractivity contribution in [3.8, 4) is 0 Å². The molecule has 20 heavy (non-hydrogen) atoms. The molecule has 0 spiro atoms. The molecule has 2 amide bonds. The van der Waals surface area contributed by atoms with Crippen LogP contribution >= 0.6 is 0 Å². The molecule has 2 N–H and O–H groups in total. The first kappa shape index (κ1) is 14.6. The van der Waals surface area contributed by atoms with Crippen molar-refractivity contribution in [2.45, 2.75) is 45.1 Å². The number of amides is 2. The van der Waals surface area contributed by atoms with Crippen molar-refractivity contribution in [1.29, 1.82) is 0 Å². The fourth-order valence-corrected chi connectivity index (χ4v) is 2.86. The van der Waals surface area contributed by atoms with Crippen molar-refractivity contribution in [2.24, 2.45) is 5.73 Å². The van der Waals surface area contributed by atoms with Gasteiger partial charge in [0, 0.05) is 24.2 Å². The van der Waals surface area contributed by atoms with Crippen LogP contribution in [0.5, 0.6) is 0 Å². The Labute approximate surface area is 119 Å². The number of primary amides is 1. The maximum Gasteiger partial charge on any atom is 0.253 e. The summed E-state index contributed by atoms with van der Waals surface area (Å²) in [4.78, 5) is 25.7. The lowest BCUT2D eigenvalue weighted by molar-refractivity contribution is 0.0696. The third-order valence-electron chi connectivity index (χ3n) is 4.19. The minimum absolute atomic E-state index is 0.0283. The van der Waals surface area contributed by atoms with Gasteiger partial charge in [-0.25, -0.2) is 0 Å². The van der Waals surface area contributed by atoms with Gasteiger partial charge in [-0.15, -0.1) is 0 Å². The Morgan fingerprint density at radius 2 is 1.85 bits per heavy atom. The number of aryl methyl sites for hydroxylation is 1. The predicted octanol–water partition coefficient (Wildman–Crippen LogP) is 2.50. The zero-order chi connectivity index (χ0) is 14.7. The smallest absolute Gasteiger partial charge is 0.253 e. The molecule has 0 heterocycles. The van der Waals surface area contributed by atoms with Gasteiger partial charge < -0.3 is 10.6 Å². The van der Waals surface area contributed by atoms with Crippen molar-refractivity contribution in [2.75, 3.05) is 7.05 Å². The van der Waals surface area contributed by atoms with E-state index in [1.54, 1.807) is 18.2 Å². The summed E-state index contributed by atoms with van der Waals surface area (Å²) in [6, 6.07) is 5.47. The number of nitrogens with zero attached hydrogens (tertiary/aromatic N) is 1. The molecule has 1 saturated carbocycles. The first-order valence-corrected chi connectivity index (χ1v) is 7.18. The molecular formula is C16H22N2O2. The maximum atomic E-state index is 12.5. The fraction of sp³-hybridized carbons (Fsp3) is 0.500. The summed E-state index contributed by atoms with van der Waals surface area (Å²) in [5.41, 5.74) is 7.10. The first-order chi connectivity index (χ1) is 9.50. The SMILES string of the molecule is Cc1ccc(C(=O)N(C)C2CCCCC2)cc1C(N)=O. The Morgan fingerprint density at radius 3 is 2.45 bits per heavy atom. The molecule has 0 radical (unpaired) electrons. The third-order valence-corrected chi connectivity index (χ3v) is 4.19. The minimum atomic E-state index is -0.488. The molecule has 0 aromatic heterocycles. The Kier molecular flexibility index (Phi) is 4.42. The maximum absolute atomic E-state index is 12.5. The molecular weight excluding hydrogens is 252 g/mol. The van der Waals surface area contributed by atoms with Gasteiger partial charge in [0.15, 0.2) is 0 Å². The topological polar surface area (TPSA) is 63.4 Å². The monoisotopic (exact) mass is 274 g/mol. The van der Waals surface area contributed by atoms with Crippen molar-refractivity contribution >= 4 is 11.8 Å². The summed E-state index contributed by atoms with van der Waals surface area (Å²) >= 11 is 0. The van der Waals surface area contributed by atoms with Crippen LogP contribution in [0.1, 0.15) is 58.4 Å². The second-order valence-corrected chi connectivity index (χ2v) is 5.60. The molecule has 108 valence electrons. The molecule has 1 aromatic rings. The largest absolute Gasteiger partial charge is 0.366 e. The minimum Gasteiger partial charge on any atom is -0.366 e. The Bertz CT molecular complexity index is 519. The average Bonchev–Trinajstić information content (AvgIpc) is 2.47. The molecule has 1 aliphatic carbocycles. The van der Waals surface area contributed by atoms with E-state index in [1.807, 2.05) is 18.9 Å². The summed E-state index contributed by atoms with van der Waals surface area (Å²) in [5, 5.41) is 0. The molecule has 1 aliphatic rings. The van der Waals surface area contributed by atoms with E-state index in [2.05, 4.69) is 0 Å². The Hall–Kier alpha value is -1.84. The molecule has 1 fully saturated rings. The average molecular weight is 274 g/mol. The Balaban J connectivity index is 2.19. The second-order valence-electron chi connectivity index (χ2n) is 5.60. The highest BCUT2D eigenvalue weighted by Crippen LogP contribution is 2.23. The summed E-state index contributed by atoms with van der Waals surface area (Å²) in [7, 11) is 1.85. The molecule has 0 aliphatic heterocycles.